The van der Waals surface area contributed by atoms with E-state index in [1.165, 1.54) is 36.7 Å². The fourth-order valence-corrected chi connectivity index (χ4v) is 3.15. The predicted octanol–water partition coefficient (Wildman–Crippen LogP) is 1.59. The van der Waals surface area contributed by atoms with Gasteiger partial charge in [-0.1, -0.05) is 30.0 Å². The Morgan fingerprint density at radius 1 is 1.03 bits per heavy atom. The fourth-order valence-electron chi connectivity index (χ4n) is 3.15. The van der Waals surface area contributed by atoms with Gasteiger partial charge in [0.25, 0.3) is 11.5 Å². The molecule has 0 unspecified atom stereocenters. The van der Waals surface area contributed by atoms with Gasteiger partial charge in [-0.25, -0.2) is 4.79 Å². The summed E-state index contributed by atoms with van der Waals surface area (Å²) in [7, 11) is 0. The zero-order valence-electron chi connectivity index (χ0n) is 19.1. The van der Waals surface area contributed by atoms with Crippen molar-refractivity contribution in [3.8, 4) is 11.8 Å². The Morgan fingerprint density at radius 3 is 2.21 bits per heavy atom. The third kappa shape index (κ3) is 6.78. The Morgan fingerprint density at radius 2 is 1.65 bits per heavy atom. The number of esters is 2. The normalized spacial score (nSPS) is 12.6. The second-order valence-electron chi connectivity index (χ2n) is 8.13. The van der Waals surface area contributed by atoms with Gasteiger partial charge in [0.15, 0.2) is 0 Å². The van der Waals surface area contributed by atoms with Crippen molar-refractivity contribution in [3.05, 3.63) is 68.5 Å². The molecule has 9 nitrogen and oxygen atoms in total. The Hall–Kier alpha value is -3.93. The molecule has 0 radical (unpaired) electrons. The summed E-state index contributed by atoms with van der Waals surface area (Å²) in [5.41, 5.74) is -1.32. The number of hydrogen-bond donors (Lipinski definition) is 0. The van der Waals surface area contributed by atoms with Crippen molar-refractivity contribution >= 4 is 17.8 Å². The first-order valence-corrected chi connectivity index (χ1v) is 11.0. The van der Waals surface area contributed by atoms with Crippen molar-refractivity contribution in [1.29, 1.82) is 0 Å². The molecule has 1 aromatic heterocycles. The largest absolute Gasteiger partial charge is 0.465 e. The summed E-state index contributed by atoms with van der Waals surface area (Å²) in [5.74, 6) is 3.95. The molecule has 0 N–H and O–H groups in total. The highest BCUT2D eigenvalue weighted by atomic mass is 16.5. The molecule has 0 saturated heterocycles. The summed E-state index contributed by atoms with van der Waals surface area (Å²) in [5, 5.41) is 0. The number of carbonyl (C=O) groups is 3. The van der Waals surface area contributed by atoms with Gasteiger partial charge >= 0.3 is 17.6 Å². The van der Waals surface area contributed by atoms with Crippen LogP contribution in [0.4, 0.5) is 0 Å². The SMILES string of the molecule is CC(=O)OCC(CCn1cc(C#CC2CC2)c(=O)n(C(=O)c2ccccc2)c1=O)COC(C)=O. The first-order chi connectivity index (χ1) is 16.3. The van der Waals surface area contributed by atoms with Gasteiger partial charge in [-0.15, -0.1) is 0 Å². The molecule has 1 aromatic carbocycles. The molecule has 1 aliphatic rings. The highest BCUT2D eigenvalue weighted by Crippen LogP contribution is 2.27. The van der Waals surface area contributed by atoms with Gasteiger partial charge < -0.3 is 9.47 Å². The van der Waals surface area contributed by atoms with E-state index in [1.807, 2.05) is 0 Å². The molecule has 34 heavy (non-hydrogen) atoms. The van der Waals surface area contributed by atoms with Crippen LogP contribution < -0.4 is 11.2 Å². The van der Waals surface area contributed by atoms with E-state index in [0.29, 0.717) is 4.57 Å². The zero-order valence-corrected chi connectivity index (χ0v) is 19.1. The highest BCUT2D eigenvalue weighted by molar-refractivity contribution is 5.95. The maximum Gasteiger partial charge on any atom is 0.338 e. The molecule has 3 rings (SSSR count). The summed E-state index contributed by atoms with van der Waals surface area (Å²) < 4.78 is 11.9. The van der Waals surface area contributed by atoms with E-state index >= 15 is 0 Å². The zero-order chi connectivity index (χ0) is 24.7. The van der Waals surface area contributed by atoms with Crippen molar-refractivity contribution in [1.82, 2.24) is 9.13 Å². The molecule has 1 saturated carbocycles. The quantitative estimate of drug-likeness (QED) is 0.429. The molecule has 178 valence electrons. The molecule has 1 aliphatic carbocycles. The maximum absolute atomic E-state index is 13.1. The molecule has 9 heteroatoms. The molecule has 1 fully saturated rings. The van der Waals surface area contributed by atoms with Crippen LogP contribution in [-0.4, -0.2) is 40.2 Å². The second-order valence-corrected chi connectivity index (χ2v) is 8.13. The fraction of sp³-hybridized carbons (Fsp3) is 0.400. The molecule has 0 amide bonds. The number of nitrogens with zero attached hydrogens (tertiary/aromatic N) is 2. The van der Waals surface area contributed by atoms with Crippen molar-refractivity contribution < 1.29 is 23.9 Å². The van der Waals surface area contributed by atoms with Crippen LogP contribution in [0.15, 0.2) is 46.1 Å². The van der Waals surface area contributed by atoms with Gasteiger partial charge in [0, 0.05) is 44.0 Å². The van der Waals surface area contributed by atoms with Crippen LogP contribution in [-0.2, 0) is 25.6 Å². The molecule has 0 bridgehead atoms. The van der Waals surface area contributed by atoms with Gasteiger partial charge in [0.2, 0.25) is 0 Å². The summed E-state index contributed by atoms with van der Waals surface area (Å²) in [6.07, 6.45) is 3.55. The summed E-state index contributed by atoms with van der Waals surface area (Å²) >= 11 is 0. The standard InChI is InChI=1S/C25H26N2O7/c1-17(28)33-15-20(16-34-18(2)29)12-13-26-14-22(11-10-19-8-9-19)24(31)27(25(26)32)23(30)21-6-4-3-5-7-21/h3-7,14,19-20H,8-9,12-13,15-16H2,1-2H3. The lowest BCUT2D eigenvalue weighted by Gasteiger charge is -2.17. The topological polar surface area (TPSA) is 114 Å². The van der Waals surface area contributed by atoms with Gasteiger partial charge in [-0.05, 0) is 31.4 Å². The molecule has 1 heterocycles. The molecule has 0 spiro atoms. The first kappa shape index (κ1) is 24.7. The average molecular weight is 466 g/mol. The number of ether oxygens (including phenoxy) is 2. The number of aromatic nitrogens is 2. The number of hydrogen-bond acceptors (Lipinski definition) is 7. The summed E-state index contributed by atoms with van der Waals surface area (Å²) in [6, 6.07) is 8.05. The minimum Gasteiger partial charge on any atom is -0.465 e. The molecule has 2 aromatic rings. The van der Waals surface area contributed by atoms with Crippen LogP contribution >= 0.6 is 0 Å². The van der Waals surface area contributed by atoms with E-state index in [1.54, 1.807) is 18.2 Å². The molecule has 0 atom stereocenters. The average Bonchev–Trinajstić information content (AvgIpc) is 3.63. The van der Waals surface area contributed by atoms with Crippen molar-refractivity contribution in [2.45, 2.75) is 39.7 Å². The van der Waals surface area contributed by atoms with Gasteiger partial charge in [-0.3, -0.25) is 23.7 Å². The predicted molar refractivity (Wildman–Crippen MR) is 122 cm³/mol. The highest BCUT2D eigenvalue weighted by Gasteiger charge is 2.21. The molecule has 0 aliphatic heterocycles. The van der Waals surface area contributed by atoms with Gasteiger partial charge in [0.1, 0.15) is 5.56 Å². The Bertz CT molecular complexity index is 1230. The van der Waals surface area contributed by atoms with E-state index in [-0.39, 0.29) is 49.1 Å². The van der Waals surface area contributed by atoms with Crippen LogP contribution in [0.2, 0.25) is 0 Å². The third-order valence-electron chi connectivity index (χ3n) is 5.19. The minimum atomic E-state index is -0.797. The van der Waals surface area contributed by atoms with Gasteiger partial charge in [-0.2, -0.15) is 4.57 Å². The number of aryl methyl sites for hydroxylation is 1. The maximum atomic E-state index is 13.1. The lowest BCUT2D eigenvalue weighted by molar-refractivity contribution is -0.146. The van der Waals surface area contributed by atoms with Crippen LogP contribution in [0.1, 0.15) is 49.0 Å². The van der Waals surface area contributed by atoms with E-state index in [2.05, 4.69) is 11.8 Å². The van der Waals surface area contributed by atoms with Crippen LogP contribution in [0.5, 0.6) is 0 Å². The van der Waals surface area contributed by atoms with Crippen molar-refractivity contribution in [3.63, 3.8) is 0 Å². The van der Waals surface area contributed by atoms with Crippen molar-refractivity contribution in [2.24, 2.45) is 11.8 Å². The Kier molecular flexibility index (Phi) is 8.19. The van der Waals surface area contributed by atoms with E-state index < -0.39 is 29.1 Å². The minimum absolute atomic E-state index is 0.00566. The number of carbonyl (C=O) groups excluding carboxylic acids is 3. The van der Waals surface area contributed by atoms with Crippen LogP contribution in [0.25, 0.3) is 0 Å². The Balaban J connectivity index is 1.94. The van der Waals surface area contributed by atoms with E-state index in [0.717, 1.165) is 12.8 Å². The van der Waals surface area contributed by atoms with E-state index in [9.17, 15) is 24.0 Å². The van der Waals surface area contributed by atoms with Crippen LogP contribution in [0.3, 0.4) is 0 Å². The number of rotatable bonds is 8. The van der Waals surface area contributed by atoms with Gasteiger partial charge in [0.05, 0.1) is 13.2 Å². The first-order valence-electron chi connectivity index (χ1n) is 11.0. The summed E-state index contributed by atoms with van der Waals surface area (Å²) in [6.45, 7) is 2.61. The third-order valence-corrected chi connectivity index (χ3v) is 5.19. The van der Waals surface area contributed by atoms with Crippen molar-refractivity contribution in [2.75, 3.05) is 13.2 Å². The Labute approximate surface area is 196 Å². The lowest BCUT2D eigenvalue weighted by Crippen LogP contribution is -2.45. The monoisotopic (exact) mass is 466 g/mol. The number of benzene rings is 1. The van der Waals surface area contributed by atoms with Crippen LogP contribution in [0, 0.1) is 23.7 Å². The lowest BCUT2D eigenvalue weighted by atomic mass is 10.1. The summed E-state index contributed by atoms with van der Waals surface area (Å²) in [4.78, 5) is 61.6. The second kappa shape index (κ2) is 11.3. The smallest absolute Gasteiger partial charge is 0.338 e. The molecular formula is C25H26N2O7. The molecular weight excluding hydrogens is 440 g/mol. The van der Waals surface area contributed by atoms with E-state index in [4.69, 9.17) is 9.47 Å².